The van der Waals surface area contributed by atoms with E-state index in [1.807, 2.05) is 0 Å². The molecule has 1 aromatic carbocycles. The summed E-state index contributed by atoms with van der Waals surface area (Å²) < 4.78 is 10.6. The minimum atomic E-state index is -0.205. The standard InChI is InChI=1S/C14H13ClN6O3/c15-8-3-1-7(2-4-8)11-19-13(24-21-11)9-10(16)18-14(17)20-12(9)23-6-5-22/h1-4,22H,5-6H2,(H4,16,17,18,20). The van der Waals surface area contributed by atoms with Crippen LogP contribution in [0.3, 0.4) is 0 Å². The molecule has 0 spiro atoms. The van der Waals surface area contributed by atoms with Crippen molar-refractivity contribution in [3.8, 4) is 28.7 Å². The van der Waals surface area contributed by atoms with Crippen LogP contribution in [0.25, 0.3) is 22.8 Å². The molecule has 2 aromatic heterocycles. The van der Waals surface area contributed by atoms with Gasteiger partial charge in [0.15, 0.2) is 0 Å². The normalized spacial score (nSPS) is 10.8. The summed E-state index contributed by atoms with van der Waals surface area (Å²) in [5.41, 5.74) is 12.4. The second-order valence-electron chi connectivity index (χ2n) is 4.65. The average Bonchev–Trinajstić information content (AvgIpc) is 3.02. The SMILES string of the molecule is Nc1nc(N)c(-c2nc(-c3ccc(Cl)cc3)no2)c(OCCO)n1. The number of nitrogens with zero attached hydrogens (tertiary/aromatic N) is 4. The minimum absolute atomic E-state index is 0.00106. The Morgan fingerprint density at radius 2 is 1.88 bits per heavy atom. The zero-order chi connectivity index (χ0) is 17.1. The van der Waals surface area contributed by atoms with E-state index in [-0.39, 0.29) is 42.3 Å². The van der Waals surface area contributed by atoms with Crippen LogP contribution >= 0.6 is 11.6 Å². The Balaban J connectivity index is 2.01. The Labute approximate surface area is 141 Å². The molecule has 9 nitrogen and oxygen atoms in total. The molecule has 0 radical (unpaired) electrons. The highest BCUT2D eigenvalue weighted by Crippen LogP contribution is 2.33. The van der Waals surface area contributed by atoms with Gasteiger partial charge in [-0.1, -0.05) is 16.8 Å². The van der Waals surface area contributed by atoms with Gasteiger partial charge in [-0.3, -0.25) is 0 Å². The molecule has 0 aliphatic carbocycles. The van der Waals surface area contributed by atoms with Gasteiger partial charge < -0.3 is 25.8 Å². The zero-order valence-electron chi connectivity index (χ0n) is 12.3. The number of hydrogen-bond acceptors (Lipinski definition) is 9. The molecular formula is C14H13ClN6O3. The number of anilines is 2. The predicted molar refractivity (Wildman–Crippen MR) is 87.2 cm³/mol. The summed E-state index contributed by atoms with van der Waals surface area (Å²) >= 11 is 5.86. The summed E-state index contributed by atoms with van der Waals surface area (Å²) in [6.45, 7) is -0.204. The van der Waals surface area contributed by atoms with Gasteiger partial charge >= 0.3 is 0 Å². The Kier molecular flexibility index (Phi) is 4.45. The van der Waals surface area contributed by atoms with E-state index in [1.54, 1.807) is 24.3 Å². The van der Waals surface area contributed by atoms with Crippen LogP contribution in [0.4, 0.5) is 11.8 Å². The molecular weight excluding hydrogens is 336 g/mol. The number of aliphatic hydroxyl groups is 1. The molecule has 2 heterocycles. The second-order valence-corrected chi connectivity index (χ2v) is 5.09. The maximum Gasteiger partial charge on any atom is 0.267 e. The molecule has 3 aromatic rings. The molecule has 0 fully saturated rings. The van der Waals surface area contributed by atoms with Crippen LogP contribution in [0.1, 0.15) is 0 Å². The van der Waals surface area contributed by atoms with Gasteiger partial charge in [-0.05, 0) is 24.3 Å². The molecule has 0 aliphatic heterocycles. The topological polar surface area (TPSA) is 146 Å². The highest BCUT2D eigenvalue weighted by atomic mass is 35.5. The molecule has 0 aliphatic rings. The van der Waals surface area contributed by atoms with E-state index < -0.39 is 0 Å². The number of ether oxygens (including phenoxy) is 1. The number of nitrogen functional groups attached to an aromatic ring is 2. The van der Waals surface area contributed by atoms with Crippen LogP contribution in [0.5, 0.6) is 5.88 Å². The maximum absolute atomic E-state index is 8.91. The van der Waals surface area contributed by atoms with E-state index in [0.29, 0.717) is 16.4 Å². The van der Waals surface area contributed by atoms with Gasteiger partial charge in [0.1, 0.15) is 18.0 Å². The second kappa shape index (κ2) is 6.69. The van der Waals surface area contributed by atoms with E-state index in [9.17, 15) is 0 Å². The van der Waals surface area contributed by atoms with Crippen molar-refractivity contribution in [2.45, 2.75) is 0 Å². The third-order valence-electron chi connectivity index (χ3n) is 2.99. The van der Waals surface area contributed by atoms with E-state index in [2.05, 4.69) is 20.1 Å². The molecule has 3 rings (SSSR count). The fourth-order valence-corrected chi connectivity index (χ4v) is 2.09. The lowest BCUT2D eigenvalue weighted by atomic mass is 10.2. The Bertz CT molecular complexity index is 852. The number of nitrogens with two attached hydrogens (primary N) is 2. The molecule has 10 heteroatoms. The maximum atomic E-state index is 8.91. The first kappa shape index (κ1) is 16.0. The predicted octanol–water partition coefficient (Wildman–Crippen LogP) is 1.38. The van der Waals surface area contributed by atoms with Gasteiger partial charge in [-0.25, -0.2) is 0 Å². The van der Waals surface area contributed by atoms with E-state index in [4.69, 9.17) is 37.4 Å². The van der Waals surface area contributed by atoms with Crippen molar-refractivity contribution in [2.75, 3.05) is 24.7 Å². The smallest absolute Gasteiger partial charge is 0.267 e. The van der Waals surface area contributed by atoms with Crippen LogP contribution in [0.2, 0.25) is 5.02 Å². The lowest BCUT2D eigenvalue weighted by molar-refractivity contribution is 0.197. The van der Waals surface area contributed by atoms with Gasteiger partial charge in [-0.15, -0.1) is 0 Å². The van der Waals surface area contributed by atoms with Crippen LogP contribution in [-0.2, 0) is 0 Å². The number of aromatic nitrogens is 4. The third kappa shape index (κ3) is 3.21. The Hall–Kier alpha value is -2.91. The summed E-state index contributed by atoms with van der Waals surface area (Å²) in [6, 6.07) is 6.93. The number of halogens is 1. The van der Waals surface area contributed by atoms with Crippen LogP contribution < -0.4 is 16.2 Å². The van der Waals surface area contributed by atoms with Crippen molar-refractivity contribution in [2.24, 2.45) is 0 Å². The molecule has 0 unspecified atom stereocenters. The largest absolute Gasteiger partial charge is 0.474 e. The van der Waals surface area contributed by atoms with Crippen molar-refractivity contribution in [3.63, 3.8) is 0 Å². The van der Waals surface area contributed by atoms with Crippen molar-refractivity contribution < 1.29 is 14.4 Å². The number of aliphatic hydroxyl groups excluding tert-OH is 1. The monoisotopic (exact) mass is 348 g/mol. The first-order valence-corrected chi connectivity index (χ1v) is 7.23. The fraction of sp³-hybridized carbons (Fsp3) is 0.143. The summed E-state index contributed by atoms with van der Waals surface area (Å²) in [7, 11) is 0. The summed E-state index contributed by atoms with van der Waals surface area (Å²) in [5, 5.41) is 13.4. The zero-order valence-corrected chi connectivity index (χ0v) is 13.1. The number of hydrogen-bond donors (Lipinski definition) is 3. The fourth-order valence-electron chi connectivity index (χ4n) is 1.96. The van der Waals surface area contributed by atoms with E-state index in [0.717, 1.165) is 0 Å². The quantitative estimate of drug-likeness (QED) is 0.622. The van der Waals surface area contributed by atoms with Gasteiger partial charge in [0.2, 0.25) is 17.7 Å². The summed E-state index contributed by atoms with van der Waals surface area (Å²) in [4.78, 5) is 12.1. The summed E-state index contributed by atoms with van der Waals surface area (Å²) in [5.74, 6) is 0.431. The lowest BCUT2D eigenvalue weighted by Crippen LogP contribution is -2.09. The van der Waals surface area contributed by atoms with Crippen LogP contribution in [0.15, 0.2) is 28.8 Å². The number of benzene rings is 1. The molecule has 0 saturated heterocycles. The molecule has 24 heavy (non-hydrogen) atoms. The molecule has 0 saturated carbocycles. The molecule has 5 N–H and O–H groups in total. The van der Waals surface area contributed by atoms with E-state index >= 15 is 0 Å². The minimum Gasteiger partial charge on any atom is -0.474 e. The van der Waals surface area contributed by atoms with Crippen molar-refractivity contribution >= 4 is 23.4 Å². The highest BCUT2D eigenvalue weighted by molar-refractivity contribution is 6.30. The van der Waals surface area contributed by atoms with Crippen molar-refractivity contribution in [1.29, 1.82) is 0 Å². The van der Waals surface area contributed by atoms with E-state index in [1.165, 1.54) is 0 Å². The lowest BCUT2D eigenvalue weighted by Gasteiger charge is -2.09. The summed E-state index contributed by atoms with van der Waals surface area (Å²) in [6.07, 6.45) is 0. The first-order chi connectivity index (χ1) is 11.6. The molecule has 0 amide bonds. The first-order valence-electron chi connectivity index (χ1n) is 6.85. The van der Waals surface area contributed by atoms with Gasteiger partial charge in [0.05, 0.1) is 6.61 Å². The van der Waals surface area contributed by atoms with Gasteiger partial charge in [0, 0.05) is 10.6 Å². The van der Waals surface area contributed by atoms with Crippen LogP contribution in [0, 0.1) is 0 Å². The molecule has 124 valence electrons. The molecule has 0 atom stereocenters. The van der Waals surface area contributed by atoms with Crippen molar-refractivity contribution in [1.82, 2.24) is 20.1 Å². The molecule has 0 bridgehead atoms. The highest BCUT2D eigenvalue weighted by Gasteiger charge is 2.21. The van der Waals surface area contributed by atoms with Crippen LogP contribution in [-0.4, -0.2) is 38.4 Å². The Morgan fingerprint density at radius 3 is 2.58 bits per heavy atom. The Morgan fingerprint density at radius 1 is 1.12 bits per heavy atom. The van der Waals surface area contributed by atoms with Crippen molar-refractivity contribution in [3.05, 3.63) is 29.3 Å². The number of rotatable bonds is 5. The third-order valence-corrected chi connectivity index (χ3v) is 3.25. The average molecular weight is 349 g/mol. The van der Waals surface area contributed by atoms with Gasteiger partial charge in [0.25, 0.3) is 5.89 Å². The van der Waals surface area contributed by atoms with Gasteiger partial charge in [-0.2, -0.15) is 15.0 Å².